The van der Waals surface area contributed by atoms with E-state index in [9.17, 15) is 22.8 Å². The minimum Gasteiger partial charge on any atom is -0.369 e. The molecule has 0 radical (unpaired) electrons. The molecule has 0 aromatic heterocycles. The number of Topliss-reactive ketones (excluding diaryl/α,β-unsaturated/α-hetero) is 1. The number of hydrogen-bond acceptors (Lipinski definition) is 4. The zero-order chi connectivity index (χ0) is 20.8. The second-order valence-electron chi connectivity index (χ2n) is 7.22. The first-order valence-corrected chi connectivity index (χ1v) is 9.36. The van der Waals surface area contributed by atoms with E-state index >= 15 is 0 Å². The Bertz CT molecular complexity index is 952. The molecule has 2 aliphatic heterocycles. The van der Waals surface area contributed by atoms with E-state index in [1.54, 1.807) is 30.3 Å². The first-order chi connectivity index (χ1) is 13.8. The van der Waals surface area contributed by atoms with Gasteiger partial charge in [0.1, 0.15) is 0 Å². The Morgan fingerprint density at radius 3 is 2.34 bits per heavy atom. The average molecular weight is 403 g/mol. The van der Waals surface area contributed by atoms with Crippen LogP contribution in [0.3, 0.4) is 0 Å². The van der Waals surface area contributed by atoms with Crippen LogP contribution in [0.25, 0.3) is 0 Å². The second kappa shape index (κ2) is 7.18. The van der Waals surface area contributed by atoms with Gasteiger partial charge >= 0.3 is 6.18 Å². The van der Waals surface area contributed by atoms with Gasteiger partial charge in [-0.1, -0.05) is 18.2 Å². The van der Waals surface area contributed by atoms with Crippen molar-refractivity contribution in [3.8, 4) is 0 Å². The van der Waals surface area contributed by atoms with E-state index in [1.165, 1.54) is 17.9 Å². The van der Waals surface area contributed by atoms with Crippen LogP contribution in [0.1, 0.15) is 22.8 Å². The fraction of sp³-hybridized carbons (Fsp3) is 0.333. The number of benzene rings is 2. The summed E-state index contributed by atoms with van der Waals surface area (Å²) in [6, 6.07) is 12.3. The number of piperazine rings is 1. The van der Waals surface area contributed by atoms with Gasteiger partial charge in [-0.25, -0.2) is 0 Å². The third kappa shape index (κ3) is 3.48. The fourth-order valence-electron chi connectivity index (χ4n) is 4.05. The number of anilines is 2. The van der Waals surface area contributed by atoms with E-state index in [0.717, 1.165) is 12.1 Å². The first-order valence-electron chi connectivity index (χ1n) is 9.36. The van der Waals surface area contributed by atoms with Gasteiger partial charge in [-0.05, 0) is 30.3 Å². The molecule has 1 saturated heterocycles. The third-order valence-corrected chi connectivity index (χ3v) is 5.45. The number of amides is 1. The van der Waals surface area contributed by atoms with E-state index in [-0.39, 0.29) is 11.7 Å². The molecule has 0 aliphatic carbocycles. The number of rotatable bonds is 2. The summed E-state index contributed by atoms with van der Waals surface area (Å²) >= 11 is 0. The molecule has 2 aliphatic rings. The monoisotopic (exact) mass is 403 g/mol. The number of fused-ring (bicyclic) bond motifs is 1. The maximum Gasteiger partial charge on any atom is 0.416 e. The molecule has 0 unspecified atom stereocenters. The van der Waals surface area contributed by atoms with Crippen molar-refractivity contribution in [1.82, 2.24) is 4.90 Å². The van der Waals surface area contributed by atoms with Gasteiger partial charge < -0.3 is 4.90 Å². The largest absolute Gasteiger partial charge is 0.416 e. The van der Waals surface area contributed by atoms with Gasteiger partial charge in [0, 0.05) is 44.4 Å². The van der Waals surface area contributed by atoms with E-state index in [1.807, 2.05) is 9.80 Å². The highest BCUT2D eigenvalue weighted by Gasteiger charge is 2.43. The summed E-state index contributed by atoms with van der Waals surface area (Å²) in [4.78, 5) is 30.5. The molecule has 0 saturated carbocycles. The highest BCUT2D eigenvalue weighted by atomic mass is 19.4. The summed E-state index contributed by atoms with van der Waals surface area (Å²) in [6.07, 6.45) is -5.09. The number of halogens is 3. The lowest BCUT2D eigenvalue weighted by Gasteiger charge is -2.41. The van der Waals surface area contributed by atoms with Gasteiger partial charge in [0.2, 0.25) is 11.7 Å². The van der Waals surface area contributed by atoms with Crippen molar-refractivity contribution in [2.75, 3.05) is 36.0 Å². The summed E-state index contributed by atoms with van der Waals surface area (Å²) in [6.45, 7) is 3.29. The summed E-state index contributed by atoms with van der Waals surface area (Å²) in [7, 11) is 0. The molecule has 8 heteroatoms. The minimum absolute atomic E-state index is 0.122. The lowest BCUT2D eigenvalue weighted by molar-refractivity contribution is -0.137. The van der Waals surface area contributed by atoms with Crippen molar-refractivity contribution in [1.29, 1.82) is 0 Å². The maximum atomic E-state index is 13.0. The molecule has 0 N–H and O–H groups in total. The molecule has 0 spiro atoms. The van der Waals surface area contributed by atoms with Gasteiger partial charge in [0.05, 0.1) is 11.3 Å². The van der Waals surface area contributed by atoms with Crippen LogP contribution in [0.4, 0.5) is 24.5 Å². The summed E-state index contributed by atoms with van der Waals surface area (Å²) < 4.78 is 39.0. The zero-order valence-corrected chi connectivity index (χ0v) is 15.8. The molecule has 2 aromatic carbocycles. The molecular formula is C21H20F3N3O2. The van der Waals surface area contributed by atoms with Crippen LogP contribution in [0.5, 0.6) is 0 Å². The Kier molecular flexibility index (Phi) is 4.82. The third-order valence-electron chi connectivity index (χ3n) is 5.45. The lowest BCUT2D eigenvalue weighted by atomic mass is 10.1. The van der Waals surface area contributed by atoms with Crippen LogP contribution in [-0.2, 0) is 11.0 Å². The van der Waals surface area contributed by atoms with E-state index in [4.69, 9.17) is 0 Å². The van der Waals surface area contributed by atoms with Crippen molar-refractivity contribution in [2.45, 2.75) is 19.3 Å². The maximum absolute atomic E-state index is 13.0. The summed E-state index contributed by atoms with van der Waals surface area (Å²) in [5.41, 5.74) is 0.953. The predicted molar refractivity (Wildman–Crippen MR) is 103 cm³/mol. The van der Waals surface area contributed by atoms with E-state index < -0.39 is 17.9 Å². The average Bonchev–Trinajstić information content (AvgIpc) is 3.01. The minimum atomic E-state index is -4.39. The number of nitrogens with zero attached hydrogens (tertiary/aromatic N) is 3. The number of ketones is 1. The van der Waals surface area contributed by atoms with Crippen molar-refractivity contribution >= 4 is 23.1 Å². The summed E-state index contributed by atoms with van der Waals surface area (Å²) in [5, 5.41) is 0. The Balaban J connectivity index is 1.52. The molecule has 2 heterocycles. The zero-order valence-electron chi connectivity index (χ0n) is 15.8. The number of carbonyl (C=O) groups excluding carboxylic acids is 2. The highest BCUT2D eigenvalue weighted by molar-refractivity contribution is 6.17. The molecule has 5 nitrogen and oxygen atoms in total. The highest BCUT2D eigenvalue weighted by Crippen LogP contribution is 2.35. The van der Waals surface area contributed by atoms with Gasteiger partial charge in [-0.15, -0.1) is 0 Å². The topological polar surface area (TPSA) is 43.9 Å². The van der Waals surface area contributed by atoms with Gasteiger partial charge in [-0.3, -0.25) is 19.4 Å². The molecule has 1 fully saturated rings. The van der Waals surface area contributed by atoms with Crippen molar-refractivity contribution < 1.29 is 22.8 Å². The molecule has 29 heavy (non-hydrogen) atoms. The van der Waals surface area contributed by atoms with Gasteiger partial charge in [0.15, 0.2) is 6.17 Å². The number of alkyl halides is 3. The van der Waals surface area contributed by atoms with Crippen LogP contribution in [0.2, 0.25) is 0 Å². The Morgan fingerprint density at radius 1 is 1.00 bits per heavy atom. The SMILES string of the molecule is CC(=O)N1c2ccccc2C(=O)[C@H]1N1CCN(c2cccc(C(F)(F)F)c2)CC1. The summed E-state index contributed by atoms with van der Waals surface area (Å²) in [5.74, 6) is -0.336. The normalized spacial score (nSPS) is 20.1. The molecule has 4 rings (SSSR count). The predicted octanol–water partition coefficient (Wildman–Crippen LogP) is 3.40. The van der Waals surface area contributed by atoms with Crippen LogP contribution < -0.4 is 9.80 Å². The lowest BCUT2D eigenvalue weighted by Crippen LogP contribution is -2.58. The van der Waals surface area contributed by atoms with Gasteiger partial charge in [0.25, 0.3) is 0 Å². The molecule has 2 aromatic rings. The molecular weight excluding hydrogens is 383 g/mol. The van der Waals surface area contributed by atoms with E-state index in [2.05, 4.69) is 0 Å². The van der Waals surface area contributed by atoms with Crippen LogP contribution in [0, 0.1) is 0 Å². The Hall–Kier alpha value is -2.87. The van der Waals surface area contributed by atoms with Crippen LogP contribution >= 0.6 is 0 Å². The fourth-order valence-corrected chi connectivity index (χ4v) is 4.05. The van der Waals surface area contributed by atoms with E-state index in [0.29, 0.717) is 43.1 Å². The first kappa shape index (κ1) is 19.4. The Morgan fingerprint density at radius 2 is 1.69 bits per heavy atom. The molecule has 1 atom stereocenters. The van der Waals surface area contributed by atoms with Crippen molar-refractivity contribution in [2.24, 2.45) is 0 Å². The number of carbonyl (C=O) groups is 2. The standard InChI is InChI=1S/C21H20F3N3O2/c1-14(28)27-18-8-3-2-7-17(18)19(29)20(27)26-11-9-25(10-12-26)16-6-4-5-15(13-16)21(22,23)24/h2-8,13,20H,9-12H2,1H3/t20-/m0/s1. The smallest absolute Gasteiger partial charge is 0.369 e. The Labute approximate surface area is 166 Å². The van der Waals surface area contributed by atoms with Gasteiger partial charge in [-0.2, -0.15) is 13.2 Å². The second-order valence-corrected chi connectivity index (χ2v) is 7.22. The molecule has 1 amide bonds. The molecule has 0 bridgehead atoms. The van der Waals surface area contributed by atoms with Crippen LogP contribution in [0.15, 0.2) is 48.5 Å². The van der Waals surface area contributed by atoms with Crippen molar-refractivity contribution in [3.05, 3.63) is 59.7 Å². The quantitative estimate of drug-likeness (QED) is 0.771. The van der Waals surface area contributed by atoms with Crippen LogP contribution in [-0.4, -0.2) is 48.9 Å². The number of para-hydroxylation sites is 1. The number of hydrogen-bond donors (Lipinski definition) is 0. The van der Waals surface area contributed by atoms with Crippen molar-refractivity contribution in [3.63, 3.8) is 0 Å². The molecule has 152 valence electrons.